The maximum Gasteiger partial charge on any atom is 0.238 e. The zero-order valence-electron chi connectivity index (χ0n) is 8.42. The summed E-state index contributed by atoms with van der Waals surface area (Å²) in [5.74, 6) is -0.0678. The number of aliphatic hydroxyl groups is 1. The fraction of sp³-hybridized carbons (Fsp3) is 0. The first-order chi connectivity index (χ1) is 7.36. The second kappa shape index (κ2) is 6.89. The van der Waals surface area contributed by atoms with Crippen molar-refractivity contribution in [1.29, 1.82) is 0 Å². The van der Waals surface area contributed by atoms with Crippen molar-refractivity contribution in [1.82, 2.24) is 4.98 Å². The van der Waals surface area contributed by atoms with Crippen LogP contribution in [0, 0.1) is 49.4 Å². The van der Waals surface area contributed by atoms with Gasteiger partial charge in [-0.2, -0.15) is 0 Å². The molecule has 2 aromatic rings. The number of aromatic nitrogens is 1. The number of benzene rings is 1. The summed E-state index contributed by atoms with van der Waals surface area (Å²) in [6.45, 7) is 0. The summed E-state index contributed by atoms with van der Waals surface area (Å²) in [5, 5.41) is 9.66. The van der Waals surface area contributed by atoms with E-state index in [1.165, 1.54) is 0 Å². The number of aliphatic imine (C=N–C) groups is 1. The zero-order valence-corrected chi connectivity index (χ0v) is 10.8. The molecule has 0 aliphatic heterocycles. The van der Waals surface area contributed by atoms with Gasteiger partial charge in [0.15, 0.2) is 0 Å². The van der Waals surface area contributed by atoms with Crippen LogP contribution in [-0.2, 0) is 0 Å². The minimum absolute atomic E-state index is 0. The van der Waals surface area contributed by atoms with Crippen LogP contribution in [0.1, 0.15) is 5.69 Å². The number of nitrogens with zero attached hydrogens (tertiary/aromatic N) is 2. The molecule has 0 saturated heterocycles. The molecule has 0 atom stereocenters. The summed E-state index contributed by atoms with van der Waals surface area (Å²) in [6.07, 6.45) is 1.62. The van der Waals surface area contributed by atoms with Crippen LogP contribution in [0.2, 0.25) is 0 Å². The molecule has 4 heteroatoms. The van der Waals surface area contributed by atoms with E-state index in [0.29, 0.717) is 11.4 Å². The van der Waals surface area contributed by atoms with Gasteiger partial charge in [0, 0.05) is 55.6 Å². The van der Waals surface area contributed by atoms with Crippen molar-refractivity contribution in [3.05, 3.63) is 60.4 Å². The van der Waals surface area contributed by atoms with E-state index in [4.69, 9.17) is 0 Å². The van der Waals surface area contributed by atoms with E-state index in [1.54, 1.807) is 24.4 Å². The van der Waals surface area contributed by atoms with Gasteiger partial charge in [0.2, 0.25) is 5.90 Å². The quantitative estimate of drug-likeness (QED) is 0.669. The average molecular weight is 350 g/mol. The molecular weight excluding hydrogens is 340 g/mol. The fourth-order valence-corrected chi connectivity index (χ4v) is 1.18. The molecule has 1 N–H and O–H groups in total. The number of aliphatic hydroxyl groups excluding tert-OH is 1. The van der Waals surface area contributed by atoms with Crippen molar-refractivity contribution in [2.45, 2.75) is 0 Å². The van der Waals surface area contributed by atoms with Crippen molar-refractivity contribution < 1.29 is 54.5 Å². The van der Waals surface area contributed by atoms with Gasteiger partial charge in [0.1, 0.15) is 5.69 Å². The number of para-hydroxylation sites is 1. The fourth-order valence-electron chi connectivity index (χ4n) is 1.18. The minimum Gasteiger partial charge on any atom is -0.492 e. The first-order valence-corrected chi connectivity index (χ1v) is 4.60. The summed E-state index contributed by atoms with van der Waals surface area (Å²) in [4.78, 5) is 8.03. The Morgan fingerprint density at radius 1 is 1.00 bits per heavy atom. The second-order valence-electron chi connectivity index (χ2n) is 2.99. The van der Waals surface area contributed by atoms with Crippen LogP contribution >= 0.6 is 0 Å². The molecule has 1 aromatic heterocycles. The predicted molar refractivity (Wildman–Crippen MR) is 59.5 cm³/mol. The molecule has 0 saturated carbocycles. The Labute approximate surface area is 135 Å². The predicted octanol–water partition coefficient (Wildman–Crippen LogP) is 2.72. The van der Waals surface area contributed by atoms with E-state index in [1.807, 2.05) is 30.3 Å². The van der Waals surface area contributed by atoms with Crippen molar-refractivity contribution in [2.75, 3.05) is 0 Å². The summed E-state index contributed by atoms with van der Waals surface area (Å²) < 4.78 is 0. The summed E-state index contributed by atoms with van der Waals surface area (Å²) in [6, 6.07) is 14.6. The third-order valence-electron chi connectivity index (χ3n) is 1.89. The molecule has 2 rings (SSSR count). The Hall–Kier alpha value is -0.576. The van der Waals surface area contributed by atoms with E-state index >= 15 is 0 Å². The van der Waals surface area contributed by atoms with E-state index in [0.717, 1.165) is 0 Å². The van der Waals surface area contributed by atoms with Gasteiger partial charge >= 0.3 is 0 Å². The Balaban J connectivity index is 0.00000128. The van der Waals surface area contributed by atoms with Gasteiger partial charge in [-0.25, -0.2) is 4.99 Å². The topological polar surface area (TPSA) is 45.5 Å². The number of hydrogen-bond donors (Lipinski definition) is 1. The number of pyridine rings is 1. The van der Waals surface area contributed by atoms with Crippen molar-refractivity contribution in [3.63, 3.8) is 0 Å². The van der Waals surface area contributed by atoms with Crippen molar-refractivity contribution >= 4 is 11.6 Å². The van der Waals surface area contributed by atoms with Gasteiger partial charge < -0.3 is 5.11 Å². The van der Waals surface area contributed by atoms with E-state index in [9.17, 15) is 5.11 Å². The van der Waals surface area contributed by atoms with Crippen LogP contribution in [0.25, 0.3) is 0 Å². The van der Waals surface area contributed by atoms with Gasteiger partial charge in [-0.3, -0.25) is 4.98 Å². The zero-order chi connectivity index (χ0) is 10.5. The van der Waals surface area contributed by atoms with Gasteiger partial charge in [-0.05, 0) is 24.3 Å². The first-order valence-electron chi connectivity index (χ1n) is 4.60. The molecule has 0 fully saturated rings. The molecule has 0 aliphatic carbocycles. The standard InChI is InChI=1S/C12H10N2O.Eu/c15-12(11-8-4-5-9-13-11)14-10-6-2-1-3-7-10;/h1-9H,(H,14,15);. The number of rotatable bonds is 2. The van der Waals surface area contributed by atoms with Crippen LogP contribution in [0.3, 0.4) is 0 Å². The van der Waals surface area contributed by atoms with Crippen LogP contribution < -0.4 is 0 Å². The molecular formula is C12H10EuN2O. The molecule has 3 nitrogen and oxygen atoms in total. The minimum atomic E-state index is -0.0678. The molecule has 81 valence electrons. The van der Waals surface area contributed by atoms with Crippen LogP contribution in [-0.4, -0.2) is 16.0 Å². The molecule has 0 amide bonds. The molecule has 0 aliphatic rings. The third-order valence-corrected chi connectivity index (χ3v) is 1.89. The maximum absolute atomic E-state index is 9.66. The SMILES string of the molecule is OC(=Nc1ccccc1)c1ccccn1.[Eu]. The normalized spacial score (nSPS) is 10.6. The van der Waals surface area contributed by atoms with Gasteiger partial charge in [0.05, 0.1) is 5.69 Å². The van der Waals surface area contributed by atoms with Crippen LogP contribution in [0.4, 0.5) is 5.69 Å². The van der Waals surface area contributed by atoms with Gasteiger partial charge in [0.25, 0.3) is 0 Å². The molecule has 1 aromatic carbocycles. The molecule has 0 unspecified atom stereocenters. The molecule has 0 spiro atoms. The Kier molecular flexibility index (Phi) is 5.81. The Morgan fingerprint density at radius 2 is 1.69 bits per heavy atom. The summed E-state index contributed by atoms with van der Waals surface area (Å²) >= 11 is 0. The molecule has 0 bridgehead atoms. The second-order valence-corrected chi connectivity index (χ2v) is 2.99. The first kappa shape index (κ1) is 13.5. The van der Waals surface area contributed by atoms with Crippen LogP contribution in [0.5, 0.6) is 0 Å². The van der Waals surface area contributed by atoms with Gasteiger partial charge in [-0.1, -0.05) is 24.3 Å². The molecule has 16 heavy (non-hydrogen) atoms. The number of hydrogen-bond acceptors (Lipinski definition) is 2. The Morgan fingerprint density at radius 3 is 2.31 bits per heavy atom. The summed E-state index contributed by atoms with van der Waals surface area (Å²) in [7, 11) is 0. The Bertz CT molecular complexity index is 457. The summed E-state index contributed by atoms with van der Waals surface area (Å²) in [5.41, 5.74) is 1.18. The maximum atomic E-state index is 9.66. The average Bonchev–Trinajstić information content (AvgIpc) is 2.31. The van der Waals surface area contributed by atoms with Crippen LogP contribution in [0.15, 0.2) is 59.7 Å². The third kappa shape index (κ3) is 3.78. The van der Waals surface area contributed by atoms with E-state index in [2.05, 4.69) is 9.98 Å². The van der Waals surface area contributed by atoms with E-state index < -0.39 is 0 Å². The molecule has 1 heterocycles. The van der Waals surface area contributed by atoms with Crippen molar-refractivity contribution in [2.24, 2.45) is 4.99 Å². The van der Waals surface area contributed by atoms with Crippen molar-refractivity contribution in [3.8, 4) is 0 Å². The smallest absolute Gasteiger partial charge is 0.238 e. The van der Waals surface area contributed by atoms with E-state index in [-0.39, 0.29) is 55.3 Å². The largest absolute Gasteiger partial charge is 0.492 e. The molecule has 1 radical (unpaired) electrons. The van der Waals surface area contributed by atoms with Gasteiger partial charge in [-0.15, -0.1) is 0 Å². The monoisotopic (exact) mass is 351 g/mol.